The largest absolute Gasteiger partial charge is 0.493 e. The Morgan fingerprint density at radius 1 is 1.06 bits per heavy atom. The van der Waals surface area contributed by atoms with Crippen molar-refractivity contribution in [3.8, 4) is 5.88 Å². The Morgan fingerprint density at radius 3 is 2.53 bits per heavy atom. The molecule has 0 saturated heterocycles. The Kier molecular flexibility index (Phi) is 6.96. The van der Waals surface area contributed by atoms with Crippen molar-refractivity contribution >= 4 is 11.6 Å². The zero-order chi connectivity index (χ0) is 25.1. The van der Waals surface area contributed by atoms with Gasteiger partial charge in [-0.2, -0.15) is 0 Å². The summed E-state index contributed by atoms with van der Waals surface area (Å²) in [7, 11) is 4.02. The lowest BCUT2D eigenvalue weighted by Crippen LogP contribution is -2.41. The van der Waals surface area contributed by atoms with Crippen LogP contribution in [-0.4, -0.2) is 46.3 Å². The maximum absolute atomic E-state index is 12.9. The van der Waals surface area contributed by atoms with Crippen LogP contribution in [0.4, 0.5) is 0 Å². The molecule has 2 N–H and O–H groups in total. The van der Waals surface area contributed by atoms with Crippen LogP contribution in [0.2, 0.25) is 0 Å². The number of hydrogen-bond acceptors (Lipinski definition) is 4. The molecule has 1 aromatic heterocycles. The number of aromatic hydroxyl groups is 1. The molecule has 36 heavy (non-hydrogen) atoms. The summed E-state index contributed by atoms with van der Waals surface area (Å²) in [5, 5.41) is 24.0. The van der Waals surface area contributed by atoms with Crippen molar-refractivity contribution < 1.29 is 10.2 Å². The molecule has 2 aliphatic rings. The van der Waals surface area contributed by atoms with Crippen LogP contribution in [0.15, 0.2) is 78.3 Å². The van der Waals surface area contributed by atoms with Crippen LogP contribution in [0.1, 0.15) is 71.8 Å². The maximum Gasteiger partial charge on any atom is 0.214 e. The van der Waals surface area contributed by atoms with E-state index in [1.54, 1.807) is 0 Å². The molecule has 0 amide bonds. The van der Waals surface area contributed by atoms with E-state index in [0.717, 1.165) is 35.1 Å². The van der Waals surface area contributed by atoms with Crippen LogP contribution in [0.5, 0.6) is 5.88 Å². The summed E-state index contributed by atoms with van der Waals surface area (Å²) in [6, 6.07) is 20.1. The Bertz CT molecular complexity index is 1330. The zero-order valence-electron chi connectivity index (χ0n) is 21.1. The van der Waals surface area contributed by atoms with Gasteiger partial charge in [-0.15, -0.1) is 0 Å². The average Bonchev–Trinajstić information content (AvgIpc) is 3.44. The Hall–Kier alpha value is -3.39. The van der Waals surface area contributed by atoms with Gasteiger partial charge in [0.15, 0.2) is 0 Å². The first kappa shape index (κ1) is 24.3. The first-order valence-electron chi connectivity index (χ1n) is 12.9. The number of fused-ring (bicyclic) bond motifs is 1. The molecule has 1 fully saturated rings. The highest BCUT2D eigenvalue weighted by Gasteiger charge is 2.45. The molecule has 0 bridgehead atoms. The van der Waals surface area contributed by atoms with Crippen LogP contribution in [0, 0.1) is 0 Å². The van der Waals surface area contributed by atoms with Crippen LogP contribution in [0.3, 0.4) is 0 Å². The Balaban J connectivity index is 1.74. The monoisotopic (exact) mass is 478 g/mol. The Morgan fingerprint density at radius 2 is 1.78 bits per heavy atom. The first-order valence-corrected chi connectivity index (χ1v) is 12.9. The third-order valence-electron chi connectivity index (χ3n) is 7.69. The highest BCUT2D eigenvalue weighted by molar-refractivity contribution is 5.82. The maximum atomic E-state index is 12.9. The van der Waals surface area contributed by atoms with Gasteiger partial charge in [-0.1, -0.05) is 78.9 Å². The quantitative estimate of drug-likeness (QED) is 0.383. The fraction of sp³-hybridized carbons (Fsp3) is 0.344. The number of benzene rings is 2. The fourth-order valence-corrected chi connectivity index (χ4v) is 5.80. The van der Waals surface area contributed by atoms with Crippen molar-refractivity contribution in [2.45, 2.75) is 49.5 Å². The van der Waals surface area contributed by atoms with Crippen molar-refractivity contribution in [1.82, 2.24) is 9.88 Å². The van der Waals surface area contributed by atoms with Gasteiger partial charge < -0.3 is 15.1 Å². The summed E-state index contributed by atoms with van der Waals surface area (Å²) in [4.78, 5) is 6.53. The second-order valence-electron chi connectivity index (χ2n) is 10.4. The minimum Gasteiger partial charge on any atom is -0.493 e. The lowest BCUT2D eigenvalue weighted by Gasteiger charge is -2.40. The normalized spacial score (nSPS) is 17.6. The van der Waals surface area contributed by atoms with Crippen LogP contribution in [0.25, 0.3) is 11.6 Å². The molecule has 2 atom stereocenters. The topological polar surface area (TPSA) is 56.6 Å². The minimum atomic E-state index is -1.36. The average molecular weight is 479 g/mol. The molecule has 3 aromatic rings. The van der Waals surface area contributed by atoms with Crippen molar-refractivity contribution in [3.05, 3.63) is 106 Å². The number of nitrogens with zero attached hydrogens (tertiary/aromatic N) is 2. The summed E-state index contributed by atoms with van der Waals surface area (Å²) in [6.07, 6.45) is 8.88. The number of rotatable bonds is 8. The molecule has 4 nitrogen and oxygen atoms in total. The van der Waals surface area contributed by atoms with Crippen LogP contribution < -0.4 is 0 Å². The summed E-state index contributed by atoms with van der Waals surface area (Å²) >= 11 is 0. The minimum absolute atomic E-state index is 0.0295. The predicted octanol–water partition coefficient (Wildman–Crippen LogP) is 6.12. The second kappa shape index (κ2) is 10.3. The zero-order valence-corrected chi connectivity index (χ0v) is 21.1. The van der Waals surface area contributed by atoms with Crippen molar-refractivity contribution in [1.29, 1.82) is 0 Å². The van der Waals surface area contributed by atoms with Gasteiger partial charge in [0.25, 0.3) is 0 Å². The van der Waals surface area contributed by atoms with Gasteiger partial charge in [-0.05, 0) is 73.7 Å². The van der Waals surface area contributed by atoms with Crippen LogP contribution >= 0.6 is 0 Å². The molecule has 0 spiro atoms. The van der Waals surface area contributed by atoms with Crippen LogP contribution in [-0.2, 0) is 0 Å². The van der Waals surface area contributed by atoms with Gasteiger partial charge in [0, 0.05) is 29.8 Å². The molecule has 5 rings (SSSR count). The Labute approximate surface area is 214 Å². The highest BCUT2D eigenvalue weighted by Crippen LogP contribution is 2.49. The van der Waals surface area contributed by atoms with E-state index >= 15 is 0 Å². The SMILES string of the molecule is CN(C)CCC(O)(C1=C=C=Cc2ccccc21)C(c1ccccc1)c1cc(C2CCCC2)cnc1O. The van der Waals surface area contributed by atoms with E-state index in [1.165, 1.54) is 12.8 Å². The second-order valence-corrected chi connectivity index (χ2v) is 10.4. The first-order chi connectivity index (χ1) is 17.5. The van der Waals surface area contributed by atoms with E-state index in [9.17, 15) is 10.2 Å². The predicted molar refractivity (Wildman–Crippen MR) is 145 cm³/mol. The molecule has 0 aliphatic heterocycles. The van der Waals surface area contributed by atoms with E-state index in [1.807, 2.05) is 81.0 Å². The van der Waals surface area contributed by atoms with Crippen molar-refractivity contribution in [2.75, 3.05) is 20.6 Å². The smallest absolute Gasteiger partial charge is 0.214 e. The fourth-order valence-electron chi connectivity index (χ4n) is 5.80. The standard InChI is InChI=1S/C32H34N2O2/c1-34(2)20-19-32(36,29-18-10-16-24-13-8-9-17-27(24)29)30(25-14-4-3-5-15-25)28-21-26(22-33-31(28)35)23-11-6-7-12-23/h3-5,8-9,13-17,21-23,30,36H,6-7,11-12,19-20H2,1-2H3,(H,33,35). The third-order valence-corrected chi connectivity index (χ3v) is 7.69. The highest BCUT2D eigenvalue weighted by atomic mass is 16.3. The molecule has 1 heterocycles. The van der Waals surface area contributed by atoms with Gasteiger partial charge >= 0.3 is 0 Å². The summed E-state index contributed by atoms with van der Waals surface area (Å²) in [5.74, 6) is -0.123. The van der Waals surface area contributed by atoms with Crippen molar-refractivity contribution in [2.24, 2.45) is 0 Å². The van der Waals surface area contributed by atoms with Gasteiger partial charge in [-0.3, -0.25) is 0 Å². The van der Waals surface area contributed by atoms with Gasteiger partial charge in [0.2, 0.25) is 5.88 Å². The molecule has 0 radical (unpaired) electrons. The third kappa shape index (κ3) is 4.69. The molecule has 1 saturated carbocycles. The van der Waals surface area contributed by atoms with E-state index in [0.29, 0.717) is 30.0 Å². The molecule has 4 heteroatoms. The number of pyridine rings is 1. The molecule has 184 valence electrons. The summed E-state index contributed by atoms with van der Waals surface area (Å²) in [5.41, 5.74) is 10.5. The molecule has 2 aliphatic carbocycles. The number of aromatic nitrogens is 1. The summed E-state index contributed by atoms with van der Waals surface area (Å²) < 4.78 is 0. The lowest BCUT2D eigenvalue weighted by molar-refractivity contribution is 0.0659. The molecular weight excluding hydrogens is 444 g/mol. The molecular formula is C32H34N2O2. The summed E-state index contributed by atoms with van der Waals surface area (Å²) in [6.45, 7) is 0.660. The van der Waals surface area contributed by atoms with E-state index in [2.05, 4.69) is 27.4 Å². The van der Waals surface area contributed by atoms with Crippen molar-refractivity contribution in [3.63, 3.8) is 0 Å². The van der Waals surface area contributed by atoms with Gasteiger partial charge in [-0.25, -0.2) is 4.98 Å². The number of hydrogen-bond donors (Lipinski definition) is 2. The molecule has 2 aromatic carbocycles. The van der Waals surface area contributed by atoms with E-state index in [-0.39, 0.29) is 5.88 Å². The molecule has 2 unspecified atom stereocenters. The number of aliphatic hydroxyl groups is 1. The lowest BCUT2D eigenvalue weighted by atomic mass is 9.69. The van der Waals surface area contributed by atoms with E-state index in [4.69, 9.17) is 0 Å². The van der Waals surface area contributed by atoms with E-state index < -0.39 is 11.5 Å². The van der Waals surface area contributed by atoms with Gasteiger partial charge in [0.05, 0.1) is 0 Å². The van der Waals surface area contributed by atoms with Gasteiger partial charge in [0.1, 0.15) is 5.60 Å².